The first-order chi connectivity index (χ1) is 8.04. The molecule has 0 spiro atoms. The third-order valence-electron chi connectivity index (χ3n) is 2.09. The summed E-state index contributed by atoms with van der Waals surface area (Å²) in [6.45, 7) is -0.648. The highest BCUT2D eigenvalue weighted by atomic mass is 35.5. The maximum Gasteiger partial charge on any atom is 0.255 e. The average molecular weight is 266 g/mol. The molecule has 1 rings (SSSR count). The standard InChI is InChI=1S/C11H11ClF3NO/c12-5-6-16(7-10(14)15)11(17)8-1-3-9(13)4-2-8/h1-4,10H,5-7H2. The zero-order valence-corrected chi connectivity index (χ0v) is 9.63. The Morgan fingerprint density at radius 3 is 2.35 bits per heavy atom. The van der Waals surface area contributed by atoms with E-state index in [2.05, 4.69) is 0 Å². The average Bonchev–Trinajstić information content (AvgIpc) is 2.28. The summed E-state index contributed by atoms with van der Waals surface area (Å²) in [5, 5.41) is 0. The second-order valence-electron chi connectivity index (χ2n) is 3.34. The maximum atomic E-state index is 12.6. The minimum Gasteiger partial charge on any atom is -0.332 e. The van der Waals surface area contributed by atoms with Crippen LogP contribution in [0.3, 0.4) is 0 Å². The van der Waals surface area contributed by atoms with E-state index in [1.807, 2.05) is 0 Å². The van der Waals surface area contributed by atoms with Gasteiger partial charge in [0.15, 0.2) is 0 Å². The van der Waals surface area contributed by atoms with Gasteiger partial charge < -0.3 is 4.90 Å². The number of amides is 1. The van der Waals surface area contributed by atoms with Gasteiger partial charge in [-0.3, -0.25) is 4.79 Å². The Morgan fingerprint density at radius 2 is 1.88 bits per heavy atom. The lowest BCUT2D eigenvalue weighted by atomic mass is 10.2. The van der Waals surface area contributed by atoms with Crippen LogP contribution in [0.25, 0.3) is 0 Å². The molecule has 6 heteroatoms. The molecule has 94 valence electrons. The van der Waals surface area contributed by atoms with Crippen LogP contribution in [0.5, 0.6) is 0 Å². The highest BCUT2D eigenvalue weighted by molar-refractivity contribution is 6.18. The Balaban J connectivity index is 2.79. The number of carbonyl (C=O) groups excluding carboxylic acids is 1. The van der Waals surface area contributed by atoms with Crippen LogP contribution < -0.4 is 0 Å². The van der Waals surface area contributed by atoms with Crippen molar-refractivity contribution < 1.29 is 18.0 Å². The molecule has 0 N–H and O–H groups in total. The summed E-state index contributed by atoms with van der Waals surface area (Å²) in [6, 6.07) is 4.72. The first-order valence-electron chi connectivity index (χ1n) is 4.93. The Morgan fingerprint density at radius 1 is 1.29 bits per heavy atom. The van der Waals surface area contributed by atoms with Gasteiger partial charge in [0, 0.05) is 18.0 Å². The topological polar surface area (TPSA) is 20.3 Å². The van der Waals surface area contributed by atoms with Crippen molar-refractivity contribution in [1.82, 2.24) is 4.90 Å². The summed E-state index contributed by atoms with van der Waals surface area (Å²) < 4.78 is 37.1. The second kappa shape index (κ2) is 6.49. The van der Waals surface area contributed by atoms with Gasteiger partial charge in [0.05, 0.1) is 6.54 Å². The first-order valence-corrected chi connectivity index (χ1v) is 5.47. The Bertz CT molecular complexity index is 369. The lowest BCUT2D eigenvalue weighted by Crippen LogP contribution is -2.36. The van der Waals surface area contributed by atoms with Crippen molar-refractivity contribution in [2.75, 3.05) is 19.0 Å². The number of alkyl halides is 3. The van der Waals surface area contributed by atoms with E-state index < -0.39 is 24.7 Å². The van der Waals surface area contributed by atoms with Gasteiger partial charge in [0.1, 0.15) is 5.82 Å². The molecule has 0 unspecified atom stereocenters. The van der Waals surface area contributed by atoms with Crippen LogP contribution in [0.4, 0.5) is 13.2 Å². The molecule has 0 saturated carbocycles. The zero-order valence-electron chi connectivity index (χ0n) is 8.88. The molecule has 0 heterocycles. The Labute approximate surface area is 102 Å². The molecule has 0 saturated heterocycles. The first kappa shape index (κ1) is 13.8. The van der Waals surface area contributed by atoms with Crippen molar-refractivity contribution >= 4 is 17.5 Å². The molecule has 2 nitrogen and oxygen atoms in total. The molecular formula is C11H11ClF3NO. The van der Waals surface area contributed by atoms with E-state index in [1.165, 1.54) is 12.1 Å². The predicted molar refractivity (Wildman–Crippen MR) is 59.0 cm³/mol. The van der Waals surface area contributed by atoms with Crippen LogP contribution in [0, 0.1) is 5.82 Å². The highest BCUT2D eigenvalue weighted by Gasteiger charge is 2.19. The molecule has 0 atom stereocenters. The molecule has 0 radical (unpaired) electrons. The third-order valence-corrected chi connectivity index (χ3v) is 2.26. The van der Waals surface area contributed by atoms with Crippen molar-refractivity contribution in [3.8, 4) is 0 Å². The van der Waals surface area contributed by atoms with Crippen LogP contribution in [0.2, 0.25) is 0 Å². The summed E-state index contributed by atoms with van der Waals surface area (Å²) in [5.74, 6) is -0.995. The molecule has 0 aliphatic rings. The molecule has 1 amide bonds. The smallest absolute Gasteiger partial charge is 0.255 e. The van der Waals surface area contributed by atoms with Crippen molar-refractivity contribution in [1.29, 1.82) is 0 Å². The van der Waals surface area contributed by atoms with Crippen LogP contribution in [-0.4, -0.2) is 36.2 Å². The number of nitrogens with zero attached hydrogens (tertiary/aromatic N) is 1. The lowest BCUT2D eigenvalue weighted by Gasteiger charge is -2.21. The van der Waals surface area contributed by atoms with Crippen LogP contribution in [-0.2, 0) is 0 Å². The Kier molecular flexibility index (Phi) is 5.28. The molecule has 0 aliphatic carbocycles. The fourth-order valence-electron chi connectivity index (χ4n) is 1.32. The summed E-state index contributed by atoms with van der Waals surface area (Å²) in [7, 11) is 0. The van der Waals surface area contributed by atoms with Crippen molar-refractivity contribution in [3.05, 3.63) is 35.6 Å². The largest absolute Gasteiger partial charge is 0.332 e. The fraction of sp³-hybridized carbons (Fsp3) is 0.364. The minimum absolute atomic E-state index is 0.0299. The second-order valence-corrected chi connectivity index (χ2v) is 3.72. The Hall–Kier alpha value is -1.23. The number of hydrogen-bond donors (Lipinski definition) is 0. The van der Waals surface area contributed by atoms with Gasteiger partial charge >= 0.3 is 0 Å². The molecule has 17 heavy (non-hydrogen) atoms. The quantitative estimate of drug-likeness (QED) is 0.750. The van der Waals surface area contributed by atoms with Crippen LogP contribution in [0.1, 0.15) is 10.4 Å². The molecule has 1 aromatic carbocycles. The van der Waals surface area contributed by atoms with E-state index in [4.69, 9.17) is 11.6 Å². The van der Waals surface area contributed by atoms with E-state index in [-0.39, 0.29) is 18.0 Å². The van der Waals surface area contributed by atoms with Crippen molar-refractivity contribution in [2.45, 2.75) is 6.43 Å². The highest BCUT2D eigenvalue weighted by Crippen LogP contribution is 2.09. The molecule has 1 aromatic rings. The lowest BCUT2D eigenvalue weighted by molar-refractivity contribution is 0.0571. The van der Waals surface area contributed by atoms with Gasteiger partial charge in [-0.05, 0) is 24.3 Å². The normalized spacial score (nSPS) is 10.6. The third kappa shape index (κ3) is 4.26. The molecule has 0 bridgehead atoms. The van der Waals surface area contributed by atoms with E-state index in [0.717, 1.165) is 17.0 Å². The van der Waals surface area contributed by atoms with Gasteiger partial charge in [-0.15, -0.1) is 11.6 Å². The van der Waals surface area contributed by atoms with Gasteiger partial charge in [-0.1, -0.05) is 0 Å². The van der Waals surface area contributed by atoms with Gasteiger partial charge in [-0.2, -0.15) is 0 Å². The summed E-state index contributed by atoms with van der Waals surface area (Å²) in [4.78, 5) is 12.7. The van der Waals surface area contributed by atoms with E-state index >= 15 is 0 Å². The maximum absolute atomic E-state index is 12.6. The van der Waals surface area contributed by atoms with Crippen LogP contribution in [0.15, 0.2) is 24.3 Å². The van der Waals surface area contributed by atoms with E-state index in [0.29, 0.717) is 0 Å². The fourth-order valence-corrected chi connectivity index (χ4v) is 1.52. The number of carbonyl (C=O) groups is 1. The van der Waals surface area contributed by atoms with Gasteiger partial charge in [0.25, 0.3) is 12.3 Å². The monoisotopic (exact) mass is 265 g/mol. The van der Waals surface area contributed by atoms with Crippen molar-refractivity contribution in [3.63, 3.8) is 0 Å². The number of benzene rings is 1. The van der Waals surface area contributed by atoms with E-state index in [1.54, 1.807) is 0 Å². The van der Waals surface area contributed by atoms with Gasteiger partial charge in [0.2, 0.25) is 0 Å². The SMILES string of the molecule is O=C(c1ccc(F)cc1)N(CCCl)CC(F)F. The molecule has 0 aliphatic heterocycles. The molecule has 0 fully saturated rings. The van der Waals surface area contributed by atoms with Gasteiger partial charge in [-0.25, -0.2) is 13.2 Å². The van der Waals surface area contributed by atoms with Crippen LogP contribution >= 0.6 is 11.6 Å². The summed E-state index contributed by atoms with van der Waals surface area (Å²) in [5.41, 5.74) is 0.164. The molecular weight excluding hydrogens is 255 g/mol. The molecule has 0 aromatic heterocycles. The van der Waals surface area contributed by atoms with Crippen molar-refractivity contribution in [2.24, 2.45) is 0 Å². The zero-order chi connectivity index (χ0) is 12.8. The number of hydrogen-bond acceptors (Lipinski definition) is 1. The number of rotatable bonds is 5. The minimum atomic E-state index is -2.62. The predicted octanol–water partition coefficient (Wildman–Crippen LogP) is 2.77. The van der Waals surface area contributed by atoms with E-state index in [9.17, 15) is 18.0 Å². The number of halogens is 4. The summed E-state index contributed by atoms with van der Waals surface area (Å²) in [6.07, 6.45) is -2.62. The summed E-state index contributed by atoms with van der Waals surface area (Å²) >= 11 is 5.44.